The Morgan fingerprint density at radius 2 is 1.89 bits per heavy atom. The van der Waals surface area contributed by atoms with Crippen LogP contribution in [0.3, 0.4) is 0 Å². The van der Waals surface area contributed by atoms with E-state index in [2.05, 4.69) is 31.0 Å². The van der Waals surface area contributed by atoms with Crippen molar-refractivity contribution in [3.05, 3.63) is 0 Å². The molecule has 1 saturated carbocycles. The lowest BCUT2D eigenvalue weighted by atomic mass is 9.89. The number of nitrogens with zero attached hydrogens (tertiary/aromatic N) is 1. The fraction of sp³-hybridized carbons (Fsp3) is 1.00. The molecule has 1 heterocycles. The van der Waals surface area contributed by atoms with Gasteiger partial charge in [-0.15, -0.1) is 0 Å². The molecule has 1 aliphatic heterocycles. The van der Waals surface area contributed by atoms with Gasteiger partial charge >= 0.3 is 0 Å². The van der Waals surface area contributed by atoms with Gasteiger partial charge in [-0.3, -0.25) is 4.90 Å². The molecule has 1 N–H and O–H groups in total. The van der Waals surface area contributed by atoms with Crippen LogP contribution in [0.5, 0.6) is 0 Å². The first-order valence-corrected chi connectivity index (χ1v) is 8.18. The lowest BCUT2D eigenvalue weighted by molar-refractivity contribution is 0.188. The standard InChI is InChI=1S/C16H32N2/c1-4-16(12-17-15-7-8-15)18-10-5-6-14(9-11-18)13(2)3/h13-17H,4-12H2,1-3H3. The summed E-state index contributed by atoms with van der Waals surface area (Å²) in [6, 6.07) is 1.63. The Morgan fingerprint density at radius 1 is 1.11 bits per heavy atom. The van der Waals surface area contributed by atoms with Gasteiger partial charge in [-0.2, -0.15) is 0 Å². The molecule has 2 aliphatic rings. The maximum absolute atomic E-state index is 3.72. The van der Waals surface area contributed by atoms with E-state index in [1.54, 1.807) is 0 Å². The van der Waals surface area contributed by atoms with Crippen LogP contribution in [-0.4, -0.2) is 36.6 Å². The molecular weight excluding hydrogens is 220 g/mol. The maximum atomic E-state index is 3.72. The summed E-state index contributed by atoms with van der Waals surface area (Å²) in [7, 11) is 0. The van der Waals surface area contributed by atoms with Crippen molar-refractivity contribution in [2.75, 3.05) is 19.6 Å². The van der Waals surface area contributed by atoms with E-state index < -0.39 is 0 Å². The highest BCUT2D eigenvalue weighted by Gasteiger charge is 2.26. The molecule has 2 heteroatoms. The lowest BCUT2D eigenvalue weighted by Gasteiger charge is -2.30. The molecule has 2 unspecified atom stereocenters. The van der Waals surface area contributed by atoms with Crippen molar-refractivity contribution in [1.29, 1.82) is 0 Å². The van der Waals surface area contributed by atoms with E-state index in [0.717, 1.165) is 23.9 Å². The monoisotopic (exact) mass is 252 g/mol. The van der Waals surface area contributed by atoms with E-state index in [0.29, 0.717) is 0 Å². The molecule has 0 aromatic heterocycles. The zero-order valence-corrected chi connectivity index (χ0v) is 12.6. The summed E-state index contributed by atoms with van der Waals surface area (Å²) >= 11 is 0. The average Bonchev–Trinajstić information content (AvgIpc) is 3.15. The Bertz CT molecular complexity index is 235. The van der Waals surface area contributed by atoms with Gasteiger partial charge in [-0.25, -0.2) is 0 Å². The fourth-order valence-electron chi connectivity index (χ4n) is 3.30. The third-order valence-corrected chi connectivity index (χ3v) is 4.96. The smallest absolute Gasteiger partial charge is 0.0218 e. The van der Waals surface area contributed by atoms with Gasteiger partial charge < -0.3 is 5.32 Å². The van der Waals surface area contributed by atoms with Crippen LogP contribution in [0, 0.1) is 11.8 Å². The average molecular weight is 252 g/mol. The Hall–Kier alpha value is -0.0800. The minimum atomic E-state index is 0.775. The number of hydrogen-bond acceptors (Lipinski definition) is 2. The quantitative estimate of drug-likeness (QED) is 0.780. The predicted octanol–water partition coefficient (Wildman–Crippen LogP) is 3.28. The van der Waals surface area contributed by atoms with Gasteiger partial charge in [-0.1, -0.05) is 20.8 Å². The van der Waals surface area contributed by atoms with E-state index in [-0.39, 0.29) is 0 Å². The molecule has 2 fully saturated rings. The van der Waals surface area contributed by atoms with E-state index in [1.807, 2.05) is 0 Å². The van der Waals surface area contributed by atoms with Crippen LogP contribution in [0.1, 0.15) is 59.3 Å². The van der Waals surface area contributed by atoms with Crippen LogP contribution in [0.25, 0.3) is 0 Å². The lowest BCUT2D eigenvalue weighted by Crippen LogP contribution is -2.43. The highest BCUT2D eigenvalue weighted by Crippen LogP contribution is 2.26. The summed E-state index contributed by atoms with van der Waals surface area (Å²) in [6.07, 6.45) is 8.38. The molecule has 0 aromatic rings. The van der Waals surface area contributed by atoms with Gasteiger partial charge in [0.1, 0.15) is 0 Å². The summed E-state index contributed by atoms with van der Waals surface area (Å²) in [5.41, 5.74) is 0. The van der Waals surface area contributed by atoms with Crippen LogP contribution in [0.2, 0.25) is 0 Å². The number of likely N-dealkylation sites (tertiary alicyclic amines) is 1. The van der Waals surface area contributed by atoms with Gasteiger partial charge in [0.05, 0.1) is 0 Å². The molecule has 0 aromatic carbocycles. The second-order valence-electron chi connectivity index (χ2n) is 6.72. The zero-order chi connectivity index (χ0) is 13.0. The molecule has 1 saturated heterocycles. The van der Waals surface area contributed by atoms with Gasteiger partial charge in [0.15, 0.2) is 0 Å². The third-order valence-electron chi connectivity index (χ3n) is 4.96. The summed E-state index contributed by atoms with van der Waals surface area (Å²) in [5, 5.41) is 3.72. The Morgan fingerprint density at radius 3 is 2.50 bits per heavy atom. The van der Waals surface area contributed by atoms with Crippen LogP contribution in [-0.2, 0) is 0 Å². The molecule has 0 bridgehead atoms. The summed E-state index contributed by atoms with van der Waals surface area (Å²) < 4.78 is 0. The third kappa shape index (κ3) is 4.24. The maximum Gasteiger partial charge on any atom is 0.0218 e. The first kappa shape index (κ1) is 14.3. The SMILES string of the molecule is CCC(CNC1CC1)N1CCCC(C(C)C)CC1. The number of nitrogens with one attached hydrogen (secondary N) is 1. The normalized spacial score (nSPS) is 28.3. The van der Waals surface area contributed by atoms with Crippen LogP contribution >= 0.6 is 0 Å². The minimum Gasteiger partial charge on any atom is -0.312 e. The first-order chi connectivity index (χ1) is 8.70. The zero-order valence-electron chi connectivity index (χ0n) is 12.6. The van der Waals surface area contributed by atoms with Crippen molar-refractivity contribution in [2.24, 2.45) is 11.8 Å². The van der Waals surface area contributed by atoms with Gasteiger partial charge in [-0.05, 0) is 63.5 Å². The van der Waals surface area contributed by atoms with Crippen molar-refractivity contribution in [3.63, 3.8) is 0 Å². The van der Waals surface area contributed by atoms with E-state index >= 15 is 0 Å². The van der Waals surface area contributed by atoms with Gasteiger partial charge in [0.2, 0.25) is 0 Å². The molecule has 0 spiro atoms. The second-order valence-corrected chi connectivity index (χ2v) is 6.72. The van der Waals surface area contributed by atoms with Crippen molar-refractivity contribution < 1.29 is 0 Å². The second kappa shape index (κ2) is 6.91. The number of hydrogen-bond donors (Lipinski definition) is 1. The van der Waals surface area contributed by atoms with E-state index in [4.69, 9.17) is 0 Å². The first-order valence-electron chi connectivity index (χ1n) is 8.18. The molecule has 0 amide bonds. The molecule has 106 valence electrons. The Labute approximate surface area is 114 Å². The topological polar surface area (TPSA) is 15.3 Å². The van der Waals surface area contributed by atoms with Gasteiger partial charge in [0, 0.05) is 18.6 Å². The molecule has 0 radical (unpaired) electrons. The van der Waals surface area contributed by atoms with E-state index in [1.165, 1.54) is 58.2 Å². The summed E-state index contributed by atoms with van der Waals surface area (Å²) in [4.78, 5) is 2.76. The van der Waals surface area contributed by atoms with Crippen molar-refractivity contribution in [3.8, 4) is 0 Å². The summed E-state index contributed by atoms with van der Waals surface area (Å²) in [5.74, 6) is 1.83. The fourth-order valence-corrected chi connectivity index (χ4v) is 3.30. The Balaban J connectivity index is 1.78. The highest BCUT2D eigenvalue weighted by molar-refractivity contribution is 4.85. The molecule has 1 aliphatic carbocycles. The van der Waals surface area contributed by atoms with Crippen LogP contribution < -0.4 is 5.32 Å². The van der Waals surface area contributed by atoms with Crippen molar-refractivity contribution >= 4 is 0 Å². The predicted molar refractivity (Wildman–Crippen MR) is 78.9 cm³/mol. The highest BCUT2D eigenvalue weighted by atomic mass is 15.2. The van der Waals surface area contributed by atoms with Crippen molar-refractivity contribution in [1.82, 2.24) is 10.2 Å². The number of rotatable bonds is 6. The minimum absolute atomic E-state index is 0.775. The molecular formula is C16H32N2. The Kier molecular flexibility index (Phi) is 5.50. The van der Waals surface area contributed by atoms with Crippen molar-refractivity contribution in [2.45, 2.75) is 71.4 Å². The summed E-state index contributed by atoms with van der Waals surface area (Å²) in [6.45, 7) is 11.0. The molecule has 2 atom stereocenters. The molecule has 2 nitrogen and oxygen atoms in total. The van der Waals surface area contributed by atoms with Crippen LogP contribution in [0.15, 0.2) is 0 Å². The van der Waals surface area contributed by atoms with Crippen LogP contribution in [0.4, 0.5) is 0 Å². The largest absolute Gasteiger partial charge is 0.312 e. The molecule has 2 rings (SSSR count). The van der Waals surface area contributed by atoms with E-state index in [9.17, 15) is 0 Å². The molecule has 18 heavy (non-hydrogen) atoms. The van der Waals surface area contributed by atoms with Gasteiger partial charge in [0.25, 0.3) is 0 Å².